The largest absolute Gasteiger partial charge is 0.497 e. The molecule has 1 aromatic carbocycles. The molecule has 2 N–H and O–H groups in total. The second-order valence-corrected chi connectivity index (χ2v) is 5.40. The lowest BCUT2D eigenvalue weighted by Gasteiger charge is -2.11. The fourth-order valence-corrected chi connectivity index (χ4v) is 2.73. The lowest BCUT2D eigenvalue weighted by molar-refractivity contribution is -0.120. The zero-order valence-electron chi connectivity index (χ0n) is 12.1. The molecule has 3 rings (SSSR count). The molecule has 5 nitrogen and oxygen atoms in total. The van der Waals surface area contributed by atoms with Crippen molar-refractivity contribution in [2.45, 2.75) is 25.3 Å². The van der Waals surface area contributed by atoms with E-state index in [0.29, 0.717) is 19.0 Å². The van der Waals surface area contributed by atoms with Gasteiger partial charge in [0.05, 0.1) is 19.8 Å². The van der Waals surface area contributed by atoms with Gasteiger partial charge in [0.2, 0.25) is 5.91 Å². The summed E-state index contributed by atoms with van der Waals surface area (Å²) in [6.07, 6.45) is 4.31. The van der Waals surface area contributed by atoms with Crippen LogP contribution in [0.4, 0.5) is 0 Å². The number of hydrogen-bond acceptors (Lipinski definition) is 4. The van der Waals surface area contributed by atoms with Gasteiger partial charge in [-0.1, -0.05) is 0 Å². The van der Waals surface area contributed by atoms with Crippen molar-refractivity contribution in [3.05, 3.63) is 30.0 Å². The van der Waals surface area contributed by atoms with Crippen LogP contribution in [0.25, 0.3) is 11.0 Å². The summed E-state index contributed by atoms with van der Waals surface area (Å²) in [6, 6.07) is 6.05. The van der Waals surface area contributed by atoms with Crippen LogP contribution in [-0.2, 0) is 11.2 Å². The van der Waals surface area contributed by atoms with Gasteiger partial charge in [-0.3, -0.25) is 4.79 Å². The molecule has 1 atom stereocenters. The third kappa shape index (κ3) is 3.19. The Kier molecular flexibility index (Phi) is 4.10. The Labute approximate surface area is 123 Å². The number of rotatable bonds is 5. The summed E-state index contributed by atoms with van der Waals surface area (Å²) in [6.45, 7) is 1.75. The molecule has 1 unspecified atom stereocenters. The van der Waals surface area contributed by atoms with Gasteiger partial charge in [0.15, 0.2) is 0 Å². The van der Waals surface area contributed by atoms with Gasteiger partial charge >= 0.3 is 0 Å². The Morgan fingerprint density at radius 2 is 2.43 bits per heavy atom. The van der Waals surface area contributed by atoms with E-state index in [1.54, 1.807) is 13.4 Å². The van der Waals surface area contributed by atoms with E-state index >= 15 is 0 Å². The lowest BCUT2D eigenvalue weighted by atomic mass is 10.1. The maximum absolute atomic E-state index is 12.0. The molecule has 112 valence electrons. The van der Waals surface area contributed by atoms with Gasteiger partial charge in [0.25, 0.3) is 0 Å². The zero-order valence-corrected chi connectivity index (χ0v) is 12.1. The van der Waals surface area contributed by atoms with E-state index in [1.165, 1.54) is 6.42 Å². The highest BCUT2D eigenvalue weighted by Gasteiger charge is 2.16. The number of amides is 1. The molecule has 21 heavy (non-hydrogen) atoms. The highest BCUT2D eigenvalue weighted by atomic mass is 16.5. The van der Waals surface area contributed by atoms with Crippen LogP contribution in [0, 0.1) is 0 Å². The van der Waals surface area contributed by atoms with Crippen LogP contribution < -0.4 is 15.4 Å². The average molecular weight is 288 g/mol. The molecule has 0 radical (unpaired) electrons. The maximum Gasteiger partial charge on any atom is 0.224 e. The summed E-state index contributed by atoms with van der Waals surface area (Å²) in [5.41, 5.74) is 1.65. The Morgan fingerprint density at radius 1 is 1.52 bits per heavy atom. The quantitative estimate of drug-likeness (QED) is 0.881. The Hall–Kier alpha value is -2.01. The van der Waals surface area contributed by atoms with Crippen LogP contribution >= 0.6 is 0 Å². The smallest absolute Gasteiger partial charge is 0.224 e. The van der Waals surface area contributed by atoms with Crippen LogP contribution in [0.1, 0.15) is 18.4 Å². The fourth-order valence-electron chi connectivity index (χ4n) is 2.73. The fraction of sp³-hybridized carbons (Fsp3) is 0.438. The van der Waals surface area contributed by atoms with Crippen molar-refractivity contribution in [1.82, 2.24) is 10.6 Å². The second kappa shape index (κ2) is 6.18. The summed E-state index contributed by atoms with van der Waals surface area (Å²) in [7, 11) is 1.62. The number of nitrogens with one attached hydrogen (secondary N) is 2. The van der Waals surface area contributed by atoms with Crippen molar-refractivity contribution in [2.24, 2.45) is 0 Å². The molecule has 1 aromatic heterocycles. The second-order valence-electron chi connectivity index (χ2n) is 5.40. The van der Waals surface area contributed by atoms with Crippen LogP contribution in [0.2, 0.25) is 0 Å². The normalized spacial score (nSPS) is 18.0. The summed E-state index contributed by atoms with van der Waals surface area (Å²) < 4.78 is 10.7. The van der Waals surface area contributed by atoms with Crippen LogP contribution in [0.15, 0.2) is 28.9 Å². The minimum atomic E-state index is 0.0298. The van der Waals surface area contributed by atoms with Crippen LogP contribution in [-0.4, -0.2) is 32.1 Å². The number of fused-ring (bicyclic) bond motifs is 1. The summed E-state index contributed by atoms with van der Waals surface area (Å²) in [4.78, 5) is 12.0. The number of carbonyl (C=O) groups excluding carboxylic acids is 1. The van der Waals surface area contributed by atoms with E-state index in [-0.39, 0.29) is 5.91 Å². The van der Waals surface area contributed by atoms with Crippen molar-refractivity contribution in [1.29, 1.82) is 0 Å². The number of methoxy groups -OCH3 is 1. The topological polar surface area (TPSA) is 63.5 Å². The zero-order chi connectivity index (χ0) is 14.7. The monoisotopic (exact) mass is 288 g/mol. The van der Waals surface area contributed by atoms with Gasteiger partial charge in [-0.25, -0.2) is 0 Å². The van der Waals surface area contributed by atoms with Gasteiger partial charge in [-0.05, 0) is 31.5 Å². The average Bonchev–Trinajstić information content (AvgIpc) is 3.14. The minimum absolute atomic E-state index is 0.0298. The molecular weight excluding hydrogens is 268 g/mol. The van der Waals surface area contributed by atoms with Gasteiger partial charge in [-0.2, -0.15) is 0 Å². The molecule has 1 amide bonds. The number of furan rings is 1. The standard InChI is InChI=1S/C16H20N2O3/c1-20-13-4-5-14-11(10-21-15(14)8-13)7-16(19)18-9-12-3-2-6-17-12/h4-5,8,10,12,17H,2-3,6-7,9H2,1H3,(H,18,19). The lowest BCUT2D eigenvalue weighted by Crippen LogP contribution is -2.37. The Morgan fingerprint density at radius 3 is 3.19 bits per heavy atom. The van der Waals surface area contributed by atoms with E-state index in [2.05, 4.69) is 10.6 Å². The molecule has 1 saturated heterocycles. The van der Waals surface area contributed by atoms with Crippen molar-refractivity contribution in [3.63, 3.8) is 0 Å². The predicted octanol–water partition coefficient (Wildman–Crippen LogP) is 1.85. The summed E-state index contributed by atoms with van der Waals surface area (Å²) in [5, 5.41) is 7.31. The summed E-state index contributed by atoms with van der Waals surface area (Å²) >= 11 is 0. The van der Waals surface area contributed by atoms with Crippen molar-refractivity contribution in [3.8, 4) is 5.75 Å². The molecule has 1 aliphatic heterocycles. The molecule has 0 spiro atoms. The van der Waals surface area contributed by atoms with Crippen LogP contribution in [0.5, 0.6) is 5.75 Å². The first-order chi connectivity index (χ1) is 10.3. The molecule has 0 saturated carbocycles. The molecule has 2 heterocycles. The van der Waals surface area contributed by atoms with Gasteiger partial charge < -0.3 is 19.8 Å². The molecule has 1 fully saturated rings. The van der Waals surface area contributed by atoms with E-state index in [1.807, 2.05) is 18.2 Å². The van der Waals surface area contributed by atoms with Crippen molar-refractivity contribution < 1.29 is 13.9 Å². The summed E-state index contributed by atoms with van der Waals surface area (Å²) in [5.74, 6) is 0.780. The first kappa shape index (κ1) is 13.9. The molecule has 5 heteroatoms. The predicted molar refractivity (Wildman–Crippen MR) is 80.5 cm³/mol. The molecule has 0 bridgehead atoms. The molecular formula is C16H20N2O3. The highest BCUT2D eigenvalue weighted by molar-refractivity contribution is 5.88. The molecule has 1 aliphatic rings. The highest BCUT2D eigenvalue weighted by Crippen LogP contribution is 2.25. The van der Waals surface area contributed by atoms with E-state index in [0.717, 1.165) is 35.2 Å². The third-order valence-electron chi connectivity index (χ3n) is 3.92. The number of carbonyl (C=O) groups is 1. The van der Waals surface area contributed by atoms with Crippen LogP contribution in [0.3, 0.4) is 0 Å². The molecule has 2 aromatic rings. The number of benzene rings is 1. The van der Waals surface area contributed by atoms with Gasteiger partial charge in [0, 0.05) is 29.6 Å². The Bertz CT molecular complexity index is 629. The number of ether oxygens (including phenoxy) is 1. The maximum atomic E-state index is 12.0. The first-order valence-electron chi connectivity index (χ1n) is 7.30. The Balaban J connectivity index is 1.62. The minimum Gasteiger partial charge on any atom is -0.497 e. The molecule has 0 aliphatic carbocycles. The van der Waals surface area contributed by atoms with Crippen molar-refractivity contribution >= 4 is 16.9 Å². The number of hydrogen-bond donors (Lipinski definition) is 2. The third-order valence-corrected chi connectivity index (χ3v) is 3.92. The van der Waals surface area contributed by atoms with Crippen molar-refractivity contribution in [2.75, 3.05) is 20.2 Å². The van der Waals surface area contributed by atoms with E-state index in [9.17, 15) is 4.79 Å². The SMILES string of the molecule is COc1ccc2c(CC(=O)NCC3CCCN3)coc2c1. The van der Waals surface area contributed by atoms with Gasteiger partial charge in [-0.15, -0.1) is 0 Å². The first-order valence-corrected chi connectivity index (χ1v) is 7.30. The van der Waals surface area contributed by atoms with E-state index < -0.39 is 0 Å². The van der Waals surface area contributed by atoms with E-state index in [4.69, 9.17) is 9.15 Å². The van der Waals surface area contributed by atoms with Gasteiger partial charge in [0.1, 0.15) is 11.3 Å².